The number of nitriles is 1. The van der Waals surface area contributed by atoms with Gasteiger partial charge >= 0.3 is 6.09 Å². The molecule has 1 aromatic carbocycles. The fourth-order valence-corrected chi connectivity index (χ4v) is 5.83. The van der Waals surface area contributed by atoms with Gasteiger partial charge in [-0.05, 0) is 59.2 Å². The van der Waals surface area contributed by atoms with Gasteiger partial charge in [0.15, 0.2) is 0 Å². The summed E-state index contributed by atoms with van der Waals surface area (Å²) in [4.78, 5) is 20.8. The van der Waals surface area contributed by atoms with Crippen molar-refractivity contribution in [3.05, 3.63) is 45.4 Å². The Balaban J connectivity index is 1.89. The van der Waals surface area contributed by atoms with Gasteiger partial charge in [-0.25, -0.2) is 4.79 Å². The Kier molecular flexibility index (Phi) is 7.21. The van der Waals surface area contributed by atoms with Crippen LogP contribution in [0.4, 0.5) is 4.79 Å². The largest absolute Gasteiger partial charge is 0.444 e. The summed E-state index contributed by atoms with van der Waals surface area (Å²) in [7, 11) is 0. The maximum Gasteiger partial charge on any atom is 0.412 e. The van der Waals surface area contributed by atoms with Crippen LogP contribution < -0.4 is 0 Å². The molecule has 1 aromatic heterocycles. The van der Waals surface area contributed by atoms with E-state index in [-0.39, 0.29) is 11.3 Å². The molecule has 6 nitrogen and oxygen atoms in total. The molecule has 166 valence electrons. The molecule has 1 aliphatic rings. The van der Waals surface area contributed by atoms with Crippen LogP contribution in [0.2, 0.25) is 5.02 Å². The molecule has 1 amide bonds. The molecule has 9 heteroatoms. The van der Waals surface area contributed by atoms with Gasteiger partial charge in [0.05, 0.1) is 23.7 Å². The smallest absolute Gasteiger partial charge is 0.412 e. The number of thioether (sulfide) groups is 1. The lowest BCUT2D eigenvalue weighted by Gasteiger charge is -2.36. The quantitative estimate of drug-likeness (QED) is 0.471. The molecule has 2 unspecified atom stereocenters. The first-order valence-corrected chi connectivity index (χ1v) is 12.0. The van der Waals surface area contributed by atoms with E-state index < -0.39 is 17.4 Å². The van der Waals surface area contributed by atoms with Gasteiger partial charge in [0.2, 0.25) is 0 Å². The number of carbonyl (C=O) groups excluding carboxylic acids is 1. The Morgan fingerprint density at radius 1 is 1.52 bits per heavy atom. The molecule has 2 heterocycles. The minimum absolute atomic E-state index is 0.0366. The number of halogens is 1. The zero-order valence-electron chi connectivity index (χ0n) is 18.2. The second kappa shape index (κ2) is 9.37. The van der Waals surface area contributed by atoms with E-state index in [1.165, 1.54) is 0 Å². The third-order valence-corrected chi connectivity index (χ3v) is 7.35. The summed E-state index contributed by atoms with van der Waals surface area (Å²) in [5, 5.41) is 10.1. The van der Waals surface area contributed by atoms with E-state index in [9.17, 15) is 10.1 Å². The molecule has 0 radical (unpaired) electrons. The molecular weight excluding hydrogens is 454 g/mol. The lowest BCUT2D eigenvalue weighted by Crippen LogP contribution is -2.50. The third kappa shape index (κ3) is 5.92. The number of aromatic nitrogens is 1. The van der Waals surface area contributed by atoms with Crippen molar-refractivity contribution in [1.82, 2.24) is 9.88 Å². The van der Waals surface area contributed by atoms with E-state index in [2.05, 4.69) is 11.1 Å². The summed E-state index contributed by atoms with van der Waals surface area (Å²) < 4.78 is 11.6. The number of carbonyl (C=O) groups is 1. The molecule has 0 bridgehead atoms. The molecule has 2 aromatic rings. The maximum atomic E-state index is 13.0. The predicted octanol–water partition coefficient (Wildman–Crippen LogP) is 6.26. The van der Waals surface area contributed by atoms with Gasteiger partial charge in [-0.2, -0.15) is 5.26 Å². The molecule has 0 saturated carbocycles. The summed E-state index contributed by atoms with van der Waals surface area (Å²) >= 11 is 9.30. The third-order valence-electron chi connectivity index (χ3n) is 4.75. The van der Waals surface area contributed by atoms with Gasteiger partial charge in [0, 0.05) is 26.2 Å². The Morgan fingerprint density at radius 3 is 2.87 bits per heavy atom. The molecule has 1 aliphatic heterocycles. The normalized spacial score (nSPS) is 19.1. The van der Waals surface area contributed by atoms with E-state index in [1.54, 1.807) is 51.7 Å². The topological polar surface area (TPSA) is 75.5 Å². The van der Waals surface area contributed by atoms with Crippen LogP contribution in [0.25, 0.3) is 0 Å². The van der Waals surface area contributed by atoms with Crippen molar-refractivity contribution >= 4 is 40.8 Å². The Bertz CT molecular complexity index is 967. The molecule has 2 atom stereocenters. The van der Waals surface area contributed by atoms with Crippen LogP contribution in [0.15, 0.2) is 34.8 Å². The van der Waals surface area contributed by atoms with Crippen molar-refractivity contribution in [3.8, 4) is 6.07 Å². The lowest BCUT2D eigenvalue weighted by atomic mass is 10.1. The molecule has 31 heavy (non-hydrogen) atoms. The van der Waals surface area contributed by atoms with Gasteiger partial charge in [0.25, 0.3) is 0 Å². The number of ether oxygens (including phenoxy) is 2. The highest BCUT2D eigenvalue weighted by Crippen LogP contribution is 2.44. The first-order chi connectivity index (χ1) is 14.5. The molecule has 1 saturated heterocycles. The summed E-state index contributed by atoms with van der Waals surface area (Å²) in [6.07, 6.45) is 2.05. The maximum absolute atomic E-state index is 13.0. The second-order valence-electron chi connectivity index (χ2n) is 8.76. The van der Waals surface area contributed by atoms with E-state index in [0.29, 0.717) is 23.6 Å². The van der Waals surface area contributed by atoms with Crippen LogP contribution in [0, 0.1) is 11.3 Å². The van der Waals surface area contributed by atoms with Crippen LogP contribution in [-0.2, 0) is 9.47 Å². The zero-order valence-corrected chi connectivity index (χ0v) is 20.6. The predicted molar refractivity (Wildman–Crippen MR) is 123 cm³/mol. The number of benzene rings is 1. The van der Waals surface area contributed by atoms with E-state index >= 15 is 0 Å². The SMILES string of the molecule is CC(C)(C)OC(=O)N1C(CC(Sc2cc(Cl)ccc2C#N)c2cncs2)COC1(C)C. The van der Waals surface area contributed by atoms with Crippen LogP contribution in [0.5, 0.6) is 0 Å². The van der Waals surface area contributed by atoms with Crippen molar-refractivity contribution in [3.63, 3.8) is 0 Å². The van der Waals surface area contributed by atoms with Crippen molar-refractivity contribution in [2.75, 3.05) is 6.61 Å². The van der Waals surface area contributed by atoms with Crippen molar-refractivity contribution in [2.24, 2.45) is 0 Å². The van der Waals surface area contributed by atoms with Crippen molar-refractivity contribution in [1.29, 1.82) is 5.26 Å². The number of amides is 1. The number of hydrogen-bond acceptors (Lipinski definition) is 7. The number of hydrogen-bond donors (Lipinski definition) is 0. The molecular formula is C22H26ClN3O3S2. The summed E-state index contributed by atoms with van der Waals surface area (Å²) in [6.45, 7) is 9.70. The van der Waals surface area contributed by atoms with Gasteiger partial charge in [-0.3, -0.25) is 9.88 Å². The summed E-state index contributed by atoms with van der Waals surface area (Å²) in [5.41, 5.74) is 0.974. The number of rotatable bonds is 5. The van der Waals surface area contributed by atoms with Gasteiger partial charge in [-0.1, -0.05) is 11.6 Å². The standard InChI is InChI=1S/C22H26ClN3O3S2/c1-21(2,3)29-20(27)26-16(12-28-22(26,4)5)9-18(19-11-25-13-30-19)31-17-8-15(23)7-6-14(17)10-24/h6-8,11,13,16,18H,9,12H2,1-5H3. The average Bonchev–Trinajstić information content (AvgIpc) is 3.28. The number of thiazole rings is 1. The van der Waals surface area contributed by atoms with E-state index in [0.717, 1.165) is 9.77 Å². The van der Waals surface area contributed by atoms with Crippen LogP contribution in [0.3, 0.4) is 0 Å². The van der Waals surface area contributed by atoms with Gasteiger partial charge in [-0.15, -0.1) is 23.1 Å². The summed E-state index contributed by atoms with van der Waals surface area (Å²) in [6, 6.07) is 7.29. The molecule has 0 aliphatic carbocycles. The lowest BCUT2D eigenvalue weighted by molar-refractivity contribution is -0.0626. The minimum Gasteiger partial charge on any atom is -0.444 e. The van der Waals surface area contributed by atoms with Crippen LogP contribution >= 0.6 is 34.7 Å². The van der Waals surface area contributed by atoms with E-state index in [4.69, 9.17) is 21.1 Å². The van der Waals surface area contributed by atoms with E-state index in [1.807, 2.05) is 40.8 Å². The minimum atomic E-state index is -0.774. The van der Waals surface area contributed by atoms with Crippen LogP contribution in [-0.4, -0.2) is 40.0 Å². The fourth-order valence-electron chi connectivity index (χ4n) is 3.43. The first-order valence-electron chi connectivity index (χ1n) is 9.91. The number of nitrogens with zero attached hydrogens (tertiary/aromatic N) is 3. The Hall–Kier alpha value is -1.79. The molecule has 1 fully saturated rings. The first kappa shape index (κ1) is 23.9. The highest BCUT2D eigenvalue weighted by atomic mass is 35.5. The zero-order chi connectivity index (χ0) is 22.8. The highest BCUT2D eigenvalue weighted by molar-refractivity contribution is 7.99. The molecule has 3 rings (SSSR count). The van der Waals surface area contributed by atoms with Gasteiger partial charge in [0.1, 0.15) is 17.4 Å². The summed E-state index contributed by atoms with van der Waals surface area (Å²) in [5.74, 6) is 0. The monoisotopic (exact) mass is 479 g/mol. The average molecular weight is 480 g/mol. The Morgan fingerprint density at radius 2 is 2.26 bits per heavy atom. The molecule has 0 N–H and O–H groups in total. The van der Waals surface area contributed by atoms with Crippen molar-refractivity contribution < 1.29 is 14.3 Å². The van der Waals surface area contributed by atoms with Gasteiger partial charge < -0.3 is 9.47 Å². The Labute approximate surface area is 196 Å². The fraction of sp³-hybridized carbons (Fsp3) is 0.500. The second-order valence-corrected chi connectivity index (χ2v) is 11.4. The molecule has 0 spiro atoms. The van der Waals surface area contributed by atoms with Crippen LogP contribution in [0.1, 0.15) is 56.7 Å². The highest BCUT2D eigenvalue weighted by Gasteiger charge is 2.46. The van der Waals surface area contributed by atoms with Crippen molar-refractivity contribution in [2.45, 2.75) is 68.6 Å².